The molecule has 0 saturated heterocycles. The molecule has 0 spiro atoms. The molecule has 0 aliphatic heterocycles. The minimum Gasteiger partial charge on any atom is -0.350 e. The van der Waals surface area contributed by atoms with Gasteiger partial charge >= 0.3 is 0 Å². The molecule has 2 N–H and O–H groups in total. The Hall–Kier alpha value is -3.93. The third-order valence-corrected chi connectivity index (χ3v) is 5.74. The predicted molar refractivity (Wildman–Crippen MR) is 136 cm³/mol. The maximum Gasteiger partial charge on any atom is 0.267 e. The fourth-order valence-corrected chi connectivity index (χ4v) is 4.07. The van der Waals surface area contributed by atoms with Gasteiger partial charge in [0.05, 0.1) is 0 Å². The van der Waals surface area contributed by atoms with Crippen LogP contribution in [-0.4, -0.2) is 27.9 Å². The van der Waals surface area contributed by atoms with Crippen LogP contribution in [0.4, 0.5) is 5.69 Å². The fraction of sp³-hybridized carbons (Fsp3) is 0.250. The van der Waals surface area contributed by atoms with Gasteiger partial charge in [-0.1, -0.05) is 43.3 Å². The molecule has 4 aromatic rings. The molecule has 6 nitrogen and oxygen atoms in total. The summed E-state index contributed by atoms with van der Waals surface area (Å²) in [5.74, 6) is -0.127. The van der Waals surface area contributed by atoms with Gasteiger partial charge in [0.1, 0.15) is 5.69 Å². The van der Waals surface area contributed by atoms with E-state index >= 15 is 0 Å². The summed E-state index contributed by atoms with van der Waals surface area (Å²) in [4.78, 5) is 29.7. The van der Waals surface area contributed by atoms with E-state index in [4.69, 9.17) is 0 Å². The van der Waals surface area contributed by atoms with Crippen molar-refractivity contribution in [3.8, 4) is 0 Å². The van der Waals surface area contributed by atoms with Crippen molar-refractivity contribution >= 4 is 28.4 Å². The molecule has 0 aliphatic rings. The first-order valence-electron chi connectivity index (χ1n) is 11.8. The average molecular weight is 455 g/mol. The van der Waals surface area contributed by atoms with E-state index in [9.17, 15) is 9.59 Å². The zero-order valence-corrected chi connectivity index (χ0v) is 19.5. The first-order valence-corrected chi connectivity index (χ1v) is 11.8. The molecule has 0 radical (unpaired) electrons. The van der Waals surface area contributed by atoms with Crippen LogP contribution in [0.15, 0.2) is 79.0 Å². The Morgan fingerprint density at radius 2 is 1.76 bits per heavy atom. The number of nitrogens with one attached hydrogen (secondary N) is 2. The largest absolute Gasteiger partial charge is 0.350 e. The van der Waals surface area contributed by atoms with Crippen LogP contribution in [0.2, 0.25) is 0 Å². The number of aryl methyl sites for hydroxylation is 2. The molecule has 0 unspecified atom stereocenters. The molecule has 0 aliphatic carbocycles. The summed E-state index contributed by atoms with van der Waals surface area (Å²) in [5, 5.41) is 6.94. The second-order valence-corrected chi connectivity index (χ2v) is 8.32. The van der Waals surface area contributed by atoms with Crippen LogP contribution < -0.4 is 10.6 Å². The summed E-state index contributed by atoms with van der Waals surface area (Å²) in [5.41, 5.74) is 4.44. The number of benzene rings is 2. The third kappa shape index (κ3) is 5.90. The van der Waals surface area contributed by atoms with Crippen LogP contribution in [0.3, 0.4) is 0 Å². The van der Waals surface area contributed by atoms with Gasteiger partial charge < -0.3 is 15.2 Å². The summed E-state index contributed by atoms with van der Waals surface area (Å²) in [7, 11) is 0. The molecule has 0 saturated carbocycles. The van der Waals surface area contributed by atoms with Gasteiger partial charge in [-0.05, 0) is 54.8 Å². The van der Waals surface area contributed by atoms with E-state index in [2.05, 4.69) is 22.5 Å². The van der Waals surface area contributed by atoms with Crippen molar-refractivity contribution < 1.29 is 9.59 Å². The zero-order chi connectivity index (χ0) is 23.8. The Balaban J connectivity index is 1.43. The quantitative estimate of drug-likeness (QED) is 0.354. The molecule has 6 heteroatoms. The summed E-state index contributed by atoms with van der Waals surface area (Å²) in [6.45, 7) is 3.36. The third-order valence-electron chi connectivity index (χ3n) is 5.74. The number of hydrogen-bond acceptors (Lipinski definition) is 3. The second kappa shape index (κ2) is 11.3. The Morgan fingerprint density at radius 1 is 0.941 bits per heavy atom. The lowest BCUT2D eigenvalue weighted by molar-refractivity contribution is -0.116. The van der Waals surface area contributed by atoms with E-state index in [-0.39, 0.29) is 11.8 Å². The van der Waals surface area contributed by atoms with Crippen LogP contribution in [0.25, 0.3) is 10.9 Å². The van der Waals surface area contributed by atoms with Gasteiger partial charge in [-0.2, -0.15) is 0 Å². The van der Waals surface area contributed by atoms with Gasteiger partial charge in [0.15, 0.2) is 0 Å². The zero-order valence-electron chi connectivity index (χ0n) is 19.5. The van der Waals surface area contributed by atoms with Crippen LogP contribution in [0.1, 0.15) is 41.5 Å². The molecule has 0 bridgehead atoms. The lowest BCUT2D eigenvalue weighted by Gasteiger charge is -2.10. The molecule has 4 rings (SSSR count). The number of aromatic nitrogens is 2. The summed E-state index contributed by atoms with van der Waals surface area (Å²) in [6.07, 6.45) is 4.47. The molecular formula is C28H30N4O2. The highest BCUT2D eigenvalue weighted by Crippen LogP contribution is 2.24. The van der Waals surface area contributed by atoms with E-state index < -0.39 is 0 Å². The highest BCUT2D eigenvalue weighted by molar-refractivity contribution is 6.00. The van der Waals surface area contributed by atoms with Crippen molar-refractivity contribution in [3.05, 3.63) is 95.9 Å². The van der Waals surface area contributed by atoms with Crippen LogP contribution in [0.5, 0.6) is 0 Å². The van der Waals surface area contributed by atoms with Crippen LogP contribution in [-0.2, 0) is 24.2 Å². The van der Waals surface area contributed by atoms with Gasteiger partial charge in [-0.15, -0.1) is 0 Å². The van der Waals surface area contributed by atoms with Crippen LogP contribution >= 0.6 is 0 Å². The molecule has 174 valence electrons. The lowest BCUT2D eigenvalue weighted by atomic mass is 10.1. The van der Waals surface area contributed by atoms with Gasteiger partial charge in [-0.25, -0.2) is 0 Å². The van der Waals surface area contributed by atoms with E-state index in [0.29, 0.717) is 31.5 Å². The van der Waals surface area contributed by atoms with Crippen LogP contribution in [0, 0.1) is 0 Å². The smallest absolute Gasteiger partial charge is 0.267 e. The molecule has 2 heterocycles. The number of hydrogen-bond donors (Lipinski definition) is 2. The normalized spacial score (nSPS) is 10.9. The Kier molecular flexibility index (Phi) is 7.71. The Bertz CT molecular complexity index is 1250. The number of rotatable bonds is 10. The molecular weight excluding hydrogens is 424 g/mol. The minimum absolute atomic E-state index is 0.0244. The number of anilines is 1. The number of pyridine rings is 1. The number of carbonyl (C=O) groups is 2. The second-order valence-electron chi connectivity index (χ2n) is 8.32. The van der Waals surface area contributed by atoms with Crippen molar-refractivity contribution in [1.29, 1.82) is 0 Å². The monoisotopic (exact) mass is 454 g/mol. The molecule has 34 heavy (non-hydrogen) atoms. The highest BCUT2D eigenvalue weighted by Gasteiger charge is 2.16. The number of nitrogens with zero attached hydrogens (tertiary/aromatic N) is 2. The van der Waals surface area contributed by atoms with Crippen molar-refractivity contribution in [3.63, 3.8) is 0 Å². The number of fused-ring (bicyclic) bond motifs is 1. The van der Waals surface area contributed by atoms with E-state index in [0.717, 1.165) is 40.8 Å². The molecule has 2 aromatic carbocycles. The number of amides is 2. The Labute approximate surface area is 200 Å². The molecule has 0 atom stereocenters. The van der Waals surface area contributed by atoms with E-state index in [1.54, 1.807) is 6.20 Å². The molecule has 2 aromatic heterocycles. The number of carbonyl (C=O) groups excluding carboxylic acids is 2. The predicted octanol–water partition coefficient (Wildman–Crippen LogP) is 4.99. The standard InChI is InChI=1S/C28H30N4O2/c1-2-18-32-25-13-12-24(31-27(33)14-11-21-8-4-3-5-9-21)19-22(25)20-26(32)28(34)30-17-15-23-10-6-7-16-29-23/h3-10,12-13,16,19-20H,2,11,14-15,17-18H2,1H3,(H,30,34)(H,31,33). The topological polar surface area (TPSA) is 76.0 Å². The SMILES string of the molecule is CCCn1c(C(=O)NCCc2ccccn2)cc2cc(NC(=O)CCc3ccccc3)ccc21. The first-order chi connectivity index (χ1) is 16.6. The fourth-order valence-electron chi connectivity index (χ4n) is 4.07. The van der Waals surface area contributed by atoms with Crippen molar-refractivity contribution in [2.45, 2.75) is 39.2 Å². The summed E-state index contributed by atoms with van der Waals surface area (Å²) >= 11 is 0. The van der Waals surface area contributed by atoms with E-state index in [1.165, 1.54) is 0 Å². The molecule has 2 amide bonds. The van der Waals surface area contributed by atoms with Crippen molar-refractivity contribution in [1.82, 2.24) is 14.9 Å². The lowest BCUT2D eigenvalue weighted by Crippen LogP contribution is -2.28. The minimum atomic E-state index is -0.103. The summed E-state index contributed by atoms with van der Waals surface area (Å²) < 4.78 is 2.05. The summed E-state index contributed by atoms with van der Waals surface area (Å²) in [6, 6.07) is 23.5. The van der Waals surface area contributed by atoms with Crippen molar-refractivity contribution in [2.75, 3.05) is 11.9 Å². The molecule has 0 fully saturated rings. The maximum atomic E-state index is 13.0. The van der Waals surface area contributed by atoms with Gasteiger partial charge in [-0.3, -0.25) is 14.6 Å². The van der Waals surface area contributed by atoms with Gasteiger partial charge in [0.2, 0.25) is 5.91 Å². The van der Waals surface area contributed by atoms with E-state index in [1.807, 2.05) is 77.4 Å². The van der Waals surface area contributed by atoms with Gasteiger partial charge in [0, 0.05) is 54.4 Å². The average Bonchev–Trinajstić information content (AvgIpc) is 3.22. The van der Waals surface area contributed by atoms with Gasteiger partial charge in [0.25, 0.3) is 5.91 Å². The first kappa shape index (κ1) is 23.2. The Morgan fingerprint density at radius 3 is 2.53 bits per heavy atom. The van der Waals surface area contributed by atoms with Crippen molar-refractivity contribution in [2.24, 2.45) is 0 Å². The highest BCUT2D eigenvalue weighted by atomic mass is 16.2. The maximum absolute atomic E-state index is 13.0.